The van der Waals surface area contributed by atoms with E-state index in [-0.39, 0.29) is 0 Å². The van der Waals surface area contributed by atoms with Crippen LogP contribution in [0.5, 0.6) is 0 Å². The van der Waals surface area contributed by atoms with Crippen molar-refractivity contribution in [1.29, 1.82) is 0 Å². The quantitative estimate of drug-likeness (QED) is 0.690. The van der Waals surface area contributed by atoms with E-state index in [9.17, 15) is 0 Å². The van der Waals surface area contributed by atoms with Gasteiger partial charge in [-0.15, -0.1) is 0 Å². The molecule has 1 aromatic heterocycles. The molecule has 0 aliphatic heterocycles. The van der Waals surface area contributed by atoms with Crippen LogP contribution in [0.2, 0.25) is 0 Å². The highest BCUT2D eigenvalue weighted by Gasteiger charge is 2.08. The first kappa shape index (κ1) is 13.2. The Morgan fingerprint density at radius 3 is 2.00 bits per heavy atom. The summed E-state index contributed by atoms with van der Waals surface area (Å²) >= 11 is 0. The van der Waals surface area contributed by atoms with E-state index in [4.69, 9.17) is 0 Å². The molecule has 2 heteroatoms. The van der Waals surface area contributed by atoms with Crippen LogP contribution >= 0.6 is 0 Å². The molecule has 3 aromatic rings. The maximum atomic E-state index is 3.53. The molecule has 0 aliphatic rings. The minimum absolute atomic E-state index is 0.702. The van der Waals surface area contributed by atoms with Gasteiger partial charge in [0.05, 0.1) is 0 Å². The van der Waals surface area contributed by atoms with Gasteiger partial charge in [0.1, 0.15) is 0 Å². The Morgan fingerprint density at radius 1 is 0.900 bits per heavy atom. The molecule has 2 aromatic carbocycles. The highest BCUT2D eigenvalue weighted by atomic mass is 15.0. The van der Waals surface area contributed by atoms with E-state index < -0.39 is 0 Å². The van der Waals surface area contributed by atoms with Crippen LogP contribution in [0.25, 0.3) is 21.8 Å². The number of aromatic nitrogens is 1. The predicted octanol–water partition coefficient (Wildman–Crippen LogP) is 4.04. The molecule has 0 fully saturated rings. The van der Waals surface area contributed by atoms with Gasteiger partial charge in [0.15, 0.2) is 0 Å². The van der Waals surface area contributed by atoms with Crippen LogP contribution in [-0.4, -0.2) is 17.7 Å². The second-order valence-corrected chi connectivity index (χ2v) is 5.78. The molecular weight excluding hydrogens is 244 g/mol. The lowest BCUT2D eigenvalue weighted by Crippen LogP contribution is -2.23. The van der Waals surface area contributed by atoms with Crippen molar-refractivity contribution in [2.75, 3.05) is 13.1 Å². The van der Waals surface area contributed by atoms with Crippen molar-refractivity contribution in [3.05, 3.63) is 48.5 Å². The molecule has 0 saturated carbocycles. The Balaban J connectivity index is 1.95. The lowest BCUT2D eigenvalue weighted by Gasteiger charge is -2.10. The molecule has 1 N–H and O–H groups in total. The number of rotatable bonds is 5. The first-order valence-electron chi connectivity index (χ1n) is 7.44. The zero-order chi connectivity index (χ0) is 13.9. The smallest absolute Gasteiger partial charge is 0.0491 e. The highest BCUT2D eigenvalue weighted by molar-refractivity contribution is 6.07. The lowest BCUT2D eigenvalue weighted by molar-refractivity contribution is 0.532. The third-order valence-electron chi connectivity index (χ3n) is 3.74. The number of hydrogen-bond donors (Lipinski definition) is 1. The number of nitrogens with zero attached hydrogens (tertiary/aromatic N) is 1. The van der Waals surface area contributed by atoms with Gasteiger partial charge in [0, 0.05) is 34.9 Å². The van der Waals surface area contributed by atoms with Gasteiger partial charge in [0.25, 0.3) is 0 Å². The van der Waals surface area contributed by atoms with Crippen molar-refractivity contribution in [1.82, 2.24) is 9.88 Å². The molecule has 0 atom stereocenters. The molecule has 104 valence electrons. The number of nitrogens with one attached hydrogen (secondary N) is 1. The van der Waals surface area contributed by atoms with Crippen LogP contribution < -0.4 is 5.32 Å². The Kier molecular flexibility index (Phi) is 3.75. The van der Waals surface area contributed by atoms with Crippen molar-refractivity contribution in [3.63, 3.8) is 0 Å². The first-order chi connectivity index (χ1) is 9.77. The first-order valence-corrected chi connectivity index (χ1v) is 7.44. The van der Waals surface area contributed by atoms with E-state index in [1.165, 1.54) is 21.8 Å². The standard InChI is InChI=1S/C18H22N2/c1-14(2)13-19-11-12-20-17-9-5-3-7-15(17)16-8-4-6-10-18(16)20/h3-10,14,19H,11-13H2,1-2H3. The fourth-order valence-electron chi connectivity index (χ4n) is 2.83. The SMILES string of the molecule is CC(C)CNCCn1c2ccccc2c2ccccc21. The molecule has 2 nitrogen and oxygen atoms in total. The summed E-state index contributed by atoms with van der Waals surface area (Å²) in [4.78, 5) is 0. The molecule has 0 bridgehead atoms. The summed E-state index contributed by atoms with van der Waals surface area (Å²) in [6.07, 6.45) is 0. The lowest BCUT2D eigenvalue weighted by atomic mass is 10.2. The Bertz CT molecular complexity index is 656. The second kappa shape index (κ2) is 5.68. The van der Waals surface area contributed by atoms with Gasteiger partial charge in [-0.1, -0.05) is 50.2 Å². The number of benzene rings is 2. The van der Waals surface area contributed by atoms with Crippen LogP contribution in [-0.2, 0) is 6.54 Å². The van der Waals surface area contributed by atoms with E-state index in [0.29, 0.717) is 5.92 Å². The molecule has 20 heavy (non-hydrogen) atoms. The van der Waals surface area contributed by atoms with Crippen LogP contribution in [0.1, 0.15) is 13.8 Å². The molecule has 3 rings (SSSR count). The van der Waals surface area contributed by atoms with Crippen LogP contribution in [0.3, 0.4) is 0 Å². The maximum absolute atomic E-state index is 3.53. The Morgan fingerprint density at radius 2 is 1.45 bits per heavy atom. The third-order valence-corrected chi connectivity index (χ3v) is 3.74. The summed E-state index contributed by atoms with van der Waals surface area (Å²) in [5.41, 5.74) is 2.67. The zero-order valence-electron chi connectivity index (χ0n) is 12.3. The van der Waals surface area contributed by atoms with Crippen LogP contribution in [0.4, 0.5) is 0 Å². The number of fused-ring (bicyclic) bond motifs is 3. The summed E-state index contributed by atoms with van der Waals surface area (Å²) in [5.74, 6) is 0.702. The second-order valence-electron chi connectivity index (χ2n) is 5.78. The monoisotopic (exact) mass is 266 g/mol. The van der Waals surface area contributed by atoms with E-state index in [0.717, 1.165) is 19.6 Å². The van der Waals surface area contributed by atoms with E-state index in [1.807, 2.05) is 0 Å². The topological polar surface area (TPSA) is 17.0 Å². The van der Waals surface area contributed by atoms with Gasteiger partial charge in [-0.25, -0.2) is 0 Å². The normalized spacial score (nSPS) is 11.8. The van der Waals surface area contributed by atoms with Crippen molar-refractivity contribution in [2.45, 2.75) is 20.4 Å². The Hall–Kier alpha value is -1.80. The summed E-state index contributed by atoms with van der Waals surface area (Å²) in [6.45, 7) is 7.60. The minimum atomic E-state index is 0.702. The van der Waals surface area contributed by atoms with Crippen molar-refractivity contribution in [2.24, 2.45) is 5.92 Å². The van der Waals surface area contributed by atoms with Crippen LogP contribution in [0, 0.1) is 5.92 Å². The van der Waals surface area contributed by atoms with E-state index >= 15 is 0 Å². The molecule has 0 spiro atoms. The molecule has 0 saturated heterocycles. The van der Waals surface area contributed by atoms with E-state index in [1.54, 1.807) is 0 Å². The van der Waals surface area contributed by atoms with Crippen molar-refractivity contribution in [3.8, 4) is 0 Å². The molecule has 0 unspecified atom stereocenters. The minimum Gasteiger partial charge on any atom is -0.339 e. The molecule has 0 radical (unpaired) electrons. The largest absolute Gasteiger partial charge is 0.339 e. The molecular formula is C18H22N2. The molecule has 1 heterocycles. The van der Waals surface area contributed by atoms with Crippen LogP contribution in [0.15, 0.2) is 48.5 Å². The number of para-hydroxylation sites is 2. The highest BCUT2D eigenvalue weighted by Crippen LogP contribution is 2.28. The Labute approximate surface area is 120 Å². The van der Waals surface area contributed by atoms with Gasteiger partial charge in [-0.05, 0) is 24.6 Å². The van der Waals surface area contributed by atoms with Gasteiger partial charge < -0.3 is 9.88 Å². The average Bonchev–Trinajstić information content (AvgIpc) is 2.78. The summed E-state index contributed by atoms with van der Waals surface area (Å²) < 4.78 is 2.43. The zero-order valence-corrected chi connectivity index (χ0v) is 12.3. The number of hydrogen-bond acceptors (Lipinski definition) is 1. The molecule has 0 amide bonds. The fourth-order valence-corrected chi connectivity index (χ4v) is 2.83. The van der Waals surface area contributed by atoms with Gasteiger partial charge in [-0.3, -0.25) is 0 Å². The van der Waals surface area contributed by atoms with Gasteiger partial charge >= 0.3 is 0 Å². The maximum Gasteiger partial charge on any atom is 0.0491 e. The molecule has 0 aliphatic carbocycles. The van der Waals surface area contributed by atoms with Crippen molar-refractivity contribution < 1.29 is 0 Å². The summed E-state index contributed by atoms with van der Waals surface area (Å²) in [6, 6.07) is 17.4. The van der Waals surface area contributed by atoms with Gasteiger partial charge in [-0.2, -0.15) is 0 Å². The average molecular weight is 266 g/mol. The fraction of sp³-hybridized carbons (Fsp3) is 0.333. The summed E-state index contributed by atoms with van der Waals surface area (Å²) in [7, 11) is 0. The van der Waals surface area contributed by atoms with Crippen molar-refractivity contribution >= 4 is 21.8 Å². The summed E-state index contributed by atoms with van der Waals surface area (Å²) in [5, 5.41) is 6.24. The third kappa shape index (κ3) is 2.44. The van der Waals surface area contributed by atoms with Gasteiger partial charge in [0.2, 0.25) is 0 Å². The predicted molar refractivity (Wildman–Crippen MR) is 87.2 cm³/mol. The van der Waals surface area contributed by atoms with E-state index in [2.05, 4.69) is 72.3 Å².